The normalized spacial score (nSPS) is 19.2. The van der Waals surface area contributed by atoms with Crippen LogP contribution < -0.4 is 10.9 Å². The molecule has 1 fully saturated rings. The molecule has 2 aliphatic rings. The van der Waals surface area contributed by atoms with E-state index in [1.165, 1.54) is 13.5 Å². The standard InChI is InChI=1S/C25H27ClN4O3/c1-13-10-16(15(3)27-18-6-7-19(26)28-21(18)23(32)33-4)20-17(11-13)22(31)30-14(2)12-25(8-5-9-25)24(30)29-20/h6-7,10-11,14-15,27H,5,8-9,12H2,1-4H3/t14-,15-/m1/s1. The van der Waals surface area contributed by atoms with Gasteiger partial charge in [-0.05, 0) is 63.8 Å². The Hall–Kier alpha value is -2.93. The fourth-order valence-corrected chi connectivity index (χ4v) is 5.64. The van der Waals surface area contributed by atoms with E-state index in [4.69, 9.17) is 21.3 Å². The third kappa shape index (κ3) is 3.41. The predicted octanol–water partition coefficient (Wildman–Crippen LogP) is 5.10. The summed E-state index contributed by atoms with van der Waals surface area (Å²) in [6.07, 6.45) is 4.33. The van der Waals surface area contributed by atoms with Crippen molar-refractivity contribution >= 4 is 34.2 Å². The van der Waals surface area contributed by atoms with Crippen molar-refractivity contribution in [2.24, 2.45) is 0 Å². The zero-order chi connectivity index (χ0) is 23.5. The van der Waals surface area contributed by atoms with Crippen LogP contribution in [0.4, 0.5) is 5.69 Å². The molecule has 1 saturated carbocycles. The number of esters is 1. The summed E-state index contributed by atoms with van der Waals surface area (Å²) in [7, 11) is 1.31. The molecule has 8 heteroatoms. The number of fused-ring (bicyclic) bond motifs is 3. The van der Waals surface area contributed by atoms with E-state index in [1.807, 2.05) is 24.5 Å². The molecule has 0 amide bonds. The van der Waals surface area contributed by atoms with Gasteiger partial charge in [-0.3, -0.25) is 9.36 Å². The van der Waals surface area contributed by atoms with Crippen molar-refractivity contribution < 1.29 is 9.53 Å². The smallest absolute Gasteiger partial charge is 0.358 e. The molecule has 1 aromatic carbocycles. The average molecular weight is 467 g/mol. The van der Waals surface area contributed by atoms with Crippen LogP contribution in [0, 0.1) is 6.92 Å². The van der Waals surface area contributed by atoms with Gasteiger partial charge in [-0.25, -0.2) is 14.8 Å². The van der Waals surface area contributed by atoms with Crippen molar-refractivity contribution in [3.05, 3.63) is 62.4 Å². The molecular formula is C25H27ClN4O3. The van der Waals surface area contributed by atoms with E-state index in [-0.39, 0.29) is 33.9 Å². The number of nitrogens with zero attached hydrogens (tertiary/aromatic N) is 3. The number of carbonyl (C=O) groups is 1. The monoisotopic (exact) mass is 466 g/mol. The largest absolute Gasteiger partial charge is 0.464 e. The van der Waals surface area contributed by atoms with Crippen LogP contribution >= 0.6 is 11.6 Å². The topological polar surface area (TPSA) is 86.1 Å². The molecule has 1 aliphatic carbocycles. The van der Waals surface area contributed by atoms with Crippen LogP contribution in [-0.4, -0.2) is 27.6 Å². The highest BCUT2D eigenvalue weighted by molar-refractivity contribution is 6.29. The average Bonchev–Trinajstić information content (AvgIpc) is 3.07. The molecule has 1 N–H and O–H groups in total. The molecule has 2 aromatic heterocycles. The van der Waals surface area contributed by atoms with Crippen molar-refractivity contribution in [1.29, 1.82) is 0 Å². The molecule has 0 radical (unpaired) electrons. The number of pyridine rings is 1. The van der Waals surface area contributed by atoms with Gasteiger partial charge in [0.1, 0.15) is 11.0 Å². The molecule has 33 heavy (non-hydrogen) atoms. The molecule has 1 spiro atoms. The Labute approximate surface area is 197 Å². The Morgan fingerprint density at radius 1 is 1.30 bits per heavy atom. The maximum Gasteiger partial charge on any atom is 0.358 e. The first kappa shape index (κ1) is 21.9. The number of nitrogens with one attached hydrogen (secondary N) is 1. The first-order valence-electron chi connectivity index (χ1n) is 11.3. The summed E-state index contributed by atoms with van der Waals surface area (Å²) < 4.78 is 6.79. The Morgan fingerprint density at radius 3 is 2.73 bits per heavy atom. The number of methoxy groups -OCH3 is 1. The van der Waals surface area contributed by atoms with Crippen LogP contribution in [0.15, 0.2) is 29.1 Å². The van der Waals surface area contributed by atoms with E-state index in [9.17, 15) is 9.59 Å². The van der Waals surface area contributed by atoms with Crippen LogP contribution in [0.25, 0.3) is 10.9 Å². The van der Waals surface area contributed by atoms with E-state index in [2.05, 4.69) is 23.3 Å². The number of hydrogen-bond acceptors (Lipinski definition) is 6. The van der Waals surface area contributed by atoms with Gasteiger partial charge in [0.2, 0.25) is 0 Å². The summed E-state index contributed by atoms with van der Waals surface area (Å²) >= 11 is 6.01. The molecular weight excluding hydrogens is 440 g/mol. The fraction of sp³-hybridized carbons (Fsp3) is 0.440. The summed E-state index contributed by atoms with van der Waals surface area (Å²) in [5, 5.41) is 4.20. The minimum absolute atomic E-state index is 0.0315. The molecule has 1 aliphatic heterocycles. The van der Waals surface area contributed by atoms with Crippen molar-refractivity contribution in [3.8, 4) is 0 Å². The predicted molar refractivity (Wildman–Crippen MR) is 128 cm³/mol. The lowest BCUT2D eigenvalue weighted by molar-refractivity contribution is 0.0595. The van der Waals surface area contributed by atoms with Gasteiger partial charge < -0.3 is 10.1 Å². The number of ether oxygens (including phenoxy) is 1. The lowest BCUT2D eigenvalue weighted by atomic mass is 9.66. The Balaban J connectivity index is 1.64. The van der Waals surface area contributed by atoms with Gasteiger partial charge in [0.05, 0.1) is 29.7 Å². The van der Waals surface area contributed by atoms with Crippen LogP contribution in [0.2, 0.25) is 5.15 Å². The molecule has 3 aromatic rings. The lowest BCUT2D eigenvalue weighted by Gasteiger charge is -2.37. The van der Waals surface area contributed by atoms with Crippen LogP contribution in [0.5, 0.6) is 0 Å². The van der Waals surface area contributed by atoms with E-state index in [1.54, 1.807) is 12.1 Å². The Morgan fingerprint density at radius 2 is 2.06 bits per heavy atom. The molecule has 0 unspecified atom stereocenters. The molecule has 0 saturated heterocycles. The van der Waals surface area contributed by atoms with Gasteiger partial charge in [-0.1, -0.05) is 24.1 Å². The molecule has 7 nitrogen and oxygen atoms in total. The first-order chi connectivity index (χ1) is 15.7. The minimum Gasteiger partial charge on any atom is -0.464 e. The Bertz CT molecular complexity index is 1350. The van der Waals surface area contributed by atoms with E-state index < -0.39 is 5.97 Å². The number of rotatable bonds is 4. The van der Waals surface area contributed by atoms with Gasteiger partial charge >= 0.3 is 5.97 Å². The summed E-state index contributed by atoms with van der Waals surface area (Å²) in [5.41, 5.74) is 3.30. The van der Waals surface area contributed by atoms with Gasteiger partial charge in [-0.15, -0.1) is 0 Å². The third-order valence-electron chi connectivity index (χ3n) is 7.17. The fourth-order valence-electron chi connectivity index (χ4n) is 5.49. The van der Waals surface area contributed by atoms with Gasteiger partial charge in [0, 0.05) is 17.0 Å². The van der Waals surface area contributed by atoms with Crippen LogP contribution in [-0.2, 0) is 10.2 Å². The zero-order valence-electron chi connectivity index (χ0n) is 19.2. The van der Waals surface area contributed by atoms with Crippen molar-refractivity contribution in [1.82, 2.24) is 14.5 Å². The lowest BCUT2D eigenvalue weighted by Crippen LogP contribution is -2.34. The summed E-state index contributed by atoms with van der Waals surface area (Å²) in [6.45, 7) is 6.08. The second kappa shape index (κ2) is 7.83. The molecule has 2 atom stereocenters. The highest BCUT2D eigenvalue weighted by atomic mass is 35.5. The van der Waals surface area contributed by atoms with Crippen LogP contribution in [0.3, 0.4) is 0 Å². The number of hydrogen-bond donors (Lipinski definition) is 1. The third-order valence-corrected chi connectivity index (χ3v) is 7.38. The second-order valence-corrected chi connectivity index (χ2v) is 9.82. The molecule has 3 heterocycles. The maximum absolute atomic E-state index is 13.6. The zero-order valence-corrected chi connectivity index (χ0v) is 20.0. The molecule has 5 rings (SSSR count). The van der Waals surface area contributed by atoms with Crippen molar-refractivity contribution in [2.75, 3.05) is 12.4 Å². The van der Waals surface area contributed by atoms with E-state index >= 15 is 0 Å². The molecule has 172 valence electrons. The minimum atomic E-state index is -0.573. The summed E-state index contributed by atoms with van der Waals surface area (Å²) in [5.74, 6) is 0.357. The molecule has 0 bridgehead atoms. The highest BCUT2D eigenvalue weighted by Gasteiger charge is 2.49. The first-order valence-corrected chi connectivity index (χ1v) is 11.7. The number of aryl methyl sites for hydroxylation is 1. The van der Waals surface area contributed by atoms with E-state index in [0.29, 0.717) is 11.1 Å². The van der Waals surface area contributed by atoms with Gasteiger partial charge in [-0.2, -0.15) is 0 Å². The quantitative estimate of drug-likeness (QED) is 0.425. The number of benzene rings is 1. The number of halogens is 1. The van der Waals surface area contributed by atoms with Crippen molar-refractivity contribution in [2.45, 2.75) is 64.0 Å². The van der Waals surface area contributed by atoms with Crippen molar-refractivity contribution in [3.63, 3.8) is 0 Å². The second-order valence-electron chi connectivity index (χ2n) is 9.44. The summed E-state index contributed by atoms with van der Waals surface area (Å²) in [6, 6.07) is 7.22. The number of anilines is 1. The van der Waals surface area contributed by atoms with Gasteiger partial charge in [0.25, 0.3) is 5.56 Å². The number of aromatic nitrogens is 3. The Kier molecular flexibility index (Phi) is 5.20. The van der Waals surface area contributed by atoms with Gasteiger partial charge in [0.15, 0.2) is 5.69 Å². The highest BCUT2D eigenvalue weighted by Crippen LogP contribution is 2.52. The van der Waals surface area contributed by atoms with E-state index in [0.717, 1.165) is 41.7 Å². The van der Waals surface area contributed by atoms with Crippen LogP contribution in [0.1, 0.15) is 79.1 Å². The maximum atomic E-state index is 13.6. The SMILES string of the molecule is COC(=O)c1nc(Cl)ccc1N[C@H](C)c1cc(C)cc2c(=O)n3c(nc12)C1(CCC1)C[C@H]3C. The number of carbonyl (C=O) groups excluding carboxylic acids is 1. The summed E-state index contributed by atoms with van der Waals surface area (Å²) in [4.78, 5) is 35.1.